The number of phenols is 1. The summed E-state index contributed by atoms with van der Waals surface area (Å²) in [7, 11) is 0. The Kier molecular flexibility index (Phi) is 4.33. The number of hydrogen-bond acceptors (Lipinski definition) is 4. The van der Waals surface area contributed by atoms with Gasteiger partial charge in [-0.2, -0.15) is 0 Å². The lowest BCUT2D eigenvalue weighted by Crippen LogP contribution is -2.38. The summed E-state index contributed by atoms with van der Waals surface area (Å²) < 4.78 is 2.23. The number of likely N-dealkylation sites (tertiary alicyclic amines) is 1. The highest BCUT2D eigenvalue weighted by Crippen LogP contribution is 2.34. The summed E-state index contributed by atoms with van der Waals surface area (Å²) in [6, 6.07) is 2.81. The maximum atomic E-state index is 12.7. The molecule has 1 N–H and O–H groups in total. The fourth-order valence-corrected chi connectivity index (χ4v) is 4.31. The van der Waals surface area contributed by atoms with Crippen molar-refractivity contribution in [3.63, 3.8) is 0 Å². The minimum absolute atomic E-state index is 0.118. The lowest BCUT2D eigenvalue weighted by molar-refractivity contribution is 0.0707. The molecule has 1 aromatic carbocycles. The van der Waals surface area contributed by atoms with E-state index in [1.165, 1.54) is 12.1 Å². The number of nitrogens with zero attached hydrogens (tertiary/aromatic N) is 4. The van der Waals surface area contributed by atoms with E-state index in [1.807, 2.05) is 0 Å². The number of aromatic nitrogens is 3. The SMILES string of the molecule is O=C(c1c(O)cc(Cl)cc1Cl)N1CCC(c2nnc3n2CCC3)CC1. The maximum Gasteiger partial charge on any atom is 0.259 e. The minimum Gasteiger partial charge on any atom is -0.507 e. The number of halogens is 2. The monoisotopic (exact) mass is 380 g/mol. The number of amides is 1. The molecule has 0 radical (unpaired) electrons. The molecule has 0 saturated carbocycles. The quantitative estimate of drug-likeness (QED) is 0.867. The number of carbonyl (C=O) groups excluding carboxylic acids is 1. The van der Waals surface area contributed by atoms with Crippen LogP contribution < -0.4 is 0 Å². The van der Waals surface area contributed by atoms with Gasteiger partial charge in [0.1, 0.15) is 17.4 Å². The van der Waals surface area contributed by atoms with Crippen molar-refractivity contribution in [3.05, 3.63) is 39.4 Å². The number of aryl methyl sites for hydroxylation is 1. The summed E-state index contributed by atoms with van der Waals surface area (Å²) >= 11 is 12.0. The van der Waals surface area contributed by atoms with E-state index in [0.29, 0.717) is 24.0 Å². The first-order valence-corrected chi connectivity index (χ1v) is 9.19. The van der Waals surface area contributed by atoms with Gasteiger partial charge >= 0.3 is 0 Å². The Labute approximate surface area is 155 Å². The number of hydrogen-bond donors (Lipinski definition) is 1. The second kappa shape index (κ2) is 6.50. The average molecular weight is 381 g/mol. The second-order valence-corrected chi connectivity index (χ2v) is 7.42. The number of carbonyl (C=O) groups is 1. The maximum absolute atomic E-state index is 12.7. The lowest BCUT2D eigenvalue weighted by atomic mass is 9.95. The largest absolute Gasteiger partial charge is 0.507 e. The lowest BCUT2D eigenvalue weighted by Gasteiger charge is -2.32. The number of piperidine rings is 1. The van der Waals surface area contributed by atoms with E-state index in [1.54, 1.807) is 4.90 Å². The van der Waals surface area contributed by atoms with Crippen LogP contribution in [0.2, 0.25) is 10.0 Å². The van der Waals surface area contributed by atoms with Gasteiger partial charge in [0, 0.05) is 37.0 Å². The summed E-state index contributed by atoms with van der Waals surface area (Å²) in [4.78, 5) is 14.5. The molecule has 0 spiro atoms. The van der Waals surface area contributed by atoms with Crippen LogP contribution in [0.25, 0.3) is 0 Å². The number of fused-ring (bicyclic) bond motifs is 1. The molecule has 6 nitrogen and oxygen atoms in total. The third-order valence-corrected chi connectivity index (χ3v) is 5.55. The Morgan fingerprint density at radius 3 is 2.64 bits per heavy atom. The van der Waals surface area contributed by atoms with Crippen LogP contribution in [0.1, 0.15) is 47.2 Å². The van der Waals surface area contributed by atoms with Crippen molar-refractivity contribution >= 4 is 29.1 Å². The standard InChI is InChI=1S/C17H18Cl2N4O2/c18-11-8-12(19)15(13(24)9-11)17(25)22-6-3-10(4-7-22)16-21-20-14-2-1-5-23(14)16/h8-10,24H,1-7H2. The van der Waals surface area contributed by atoms with Gasteiger partial charge < -0.3 is 14.6 Å². The van der Waals surface area contributed by atoms with Crippen molar-refractivity contribution < 1.29 is 9.90 Å². The van der Waals surface area contributed by atoms with E-state index in [9.17, 15) is 9.90 Å². The Morgan fingerprint density at radius 2 is 1.92 bits per heavy atom. The van der Waals surface area contributed by atoms with Crippen LogP contribution in [0.15, 0.2) is 12.1 Å². The predicted molar refractivity (Wildman–Crippen MR) is 94.3 cm³/mol. The van der Waals surface area contributed by atoms with Crippen molar-refractivity contribution in [2.45, 2.75) is 38.1 Å². The van der Waals surface area contributed by atoms with Crippen LogP contribution >= 0.6 is 23.2 Å². The zero-order valence-corrected chi connectivity index (χ0v) is 15.1. The van der Waals surface area contributed by atoms with E-state index in [0.717, 1.165) is 43.9 Å². The van der Waals surface area contributed by atoms with Crippen LogP contribution in [0.3, 0.4) is 0 Å². The first-order chi connectivity index (χ1) is 12.0. The van der Waals surface area contributed by atoms with Gasteiger partial charge in [-0.3, -0.25) is 4.79 Å². The molecular weight excluding hydrogens is 363 g/mol. The van der Waals surface area contributed by atoms with Crippen molar-refractivity contribution in [1.82, 2.24) is 19.7 Å². The summed E-state index contributed by atoms with van der Waals surface area (Å²) in [5.74, 6) is 2.00. The Bertz CT molecular complexity index is 805. The summed E-state index contributed by atoms with van der Waals surface area (Å²) in [6.45, 7) is 2.19. The molecule has 1 amide bonds. The third kappa shape index (κ3) is 2.98. The second-order valence-electron chi connectivity index (χ2n) is 6.58. The van der Waals surface area contributed by atoms with Gasteiger partial charge in [0.05, 0.1) is 10.6 Å². The fraction of sp³-hybridized carbons (Fsp3) is 0.471. The number of phenolic OH excluding ortho intramolecular Hbond substituents is 1. The van der Waals surface area contributed by atoms with Gasteiger partial charge in [0.25, 0.3) is 5.91 Å². The van der Waals surface area contributed by atoms with Crippen molar-refractivity contribution in [2.75, 3.05) is 13.1 Å². The van der Waals surface area contributed by atoms with Crippen LogP contribution in [-0.2, 0) is 13.0 Å². The number of rotatable bonds is 2. The van der Waals surface area contributed by atoms with E-state index in [4.69, 9.17) is 23.2 Å². The molecule has 25 heavy (non-hydrogen) atoms. The number of aromatic hydroxyl groups is 1. The molecule has 0 unspecified atom stereocenters. The zero-order valence-electron chi connectivity index (χ0n) is 13.6. The van der Waals surface area contributed by atoms with E-state index in [-0.39, 0.29) is 22.2 Å². The summed E-state index contributed by atoms with van der Waals surface area (Å²) in [5.41, 5.74) is 0.118. The van der Waals surface area contributed by atoms with Gasteiger partial charge in [-0.1, -0.05) is 23.2 Å². The Morgan fingerprint density at radius 1 is 1.16 bits per heavy atom. The molecule has 4 rings (SSSR count). The summed E-state index contributed by atoms with van der Waals surface area (Å²) in [6.07, 6.45) is 3.79. The zero-order chi connectivity index (χ0) is 17.6. The highest BCUT2D eigenvalue weighted by molar-refractivity contribution is 6.37. The normalized spacial score (nSPS) is 17.8. The third-order valence-electron chi connectivity index (χ3n) is 5.03. The average Bonchev–Trinajstić information content (AvgIpc) is 3.17. The highest BCUT2D eigenvalue weighted by Gasteiger charge is 2.31. The van der Waals surface area contributed by atoms with Crippen LogP contribution in [0, 0.1) is 0 Å². The minimum atomic E-state index is -0.260. The molecule has 1 saturated heterocycles. The summed E-state index contributed by atoms with van der Waals surface area (Å²) in [5, 5.41) is 19.2. The van der Waals surface area contributed by atoms with Crippen LogP contribution in [0.5, 0.6) is 5.75 Å². The van der Waals surface area contributed by atoms with E-state index in [2.05, 4.69) is 14.8 Å². The first-order valence-electron chi connectivity index (χ1n) is 8.44. The molecule has 132 valence electrons. The van der Waals surface area contributed by atoms with Gasteiger partial charge in [0.15, 0.2) is 0 Å². The fourth-order valence-electron chi connectivity index (χ4n) is 3.75. The number of benzene rings is 1. The van der Waals surface area contributed by atoms with E-state index < -0.39 is 0 Å². The molecule has 8 heteroatoms. The first kappa shape index (κ1) is 16.7. The van der Waals surface area contributed by atoms with Gasteiger partial charge in [-0.15, -0.1) is 10.2 Å². The molecule has 1 fully saturated rings. The molecule has 2 aliphatic heterocycles. The van der Waals surface area contributed by atoms with Gasteiger partial charge in [0.2, 0.25) is 0 Å². The topological polar surface area (TPSA) is 71.2 Å². The molecule has 2 aromatic rings. The van der Waals surface area contributed by atoms with Crippen molar-refractivity contribution in [2.24, 2.45) is 0 Å². The molecule has 0 aliphatic carbocycles. The highest BCUT2D eigenvalue weighted by atomic mass is 35.5. The van der Waals surface area contributed by atoms with Crippen molar-refractivity contribution in [1.29, 1.82) is 0 Å². The van der Waals surface area contributed by atoms with Crippen LogP contribution in [0.4, 0.5) is 0 Å². The molecular formula is C17H18Cl2N4O2. The van der Waals surface area contributed by atoms with E-state index >= 15 is 0 Å². The molecule has 0 bridgehead atoms. The van der Waals surface area contributed by atoms with Gasteiger partial charge in [-0.05, 0) is 31.4 Å². The molecule has 0 atom stereocenters. The predicted octanol–water partition coefficient (Wildman–Crippen LogP) is 3.26. The molecule has 2 aliphatic rings. The molecule has 3 heterocycles. The Balaban J connectivity index is 1.48. The van der Waals surface area contributed by atoms with Gasteiger partial charge in [-0.25, -0.2) is 0 Å². The molecule has 1 aromatic heterocycles. The van der Waals surface area contributed by atoms with Crippen molar-refractivity contribution in [3.8, 4) is 5.75 Å². The van der Waals surface area contributed by atoms with Crippen LogP contribution in [-0.4, -0.2) is 43.8 Å². The smallest absolute Gasteiger partial charge is 0.259 e. The Hall–Kier alpha value is -1.79.